The van der Waals surface area contributed by atoms with E-state index < -0.39 is 5.60 Å². The molecule has 4 nitrogen and oxygen atoms in total. The third-order valence-electron chi connectivity index (χ3n) is 8.02. The average Bonchev–Trinajstić information content (AvgIpc) is 3.01. The summed E-state index contributed by atoms with van der Waals surface area (Å²) in [5.74, 6) is 4.77. The average molecular weight is 367 g/mol. The van der Waals surface area contributed by atoms with Crippen molar-refractivity contribution < 1.29 is 14.7 Å². The number of carbonyl (C=O) groups excluding carboxylic acids is 1. The summed E-state index contributed by atoms with van der Waals surface area (Å²) in [6.45, 7) is 3.68. The van der Waals surface area contributed by atoms with Crippen molar-refractivity contribution in [3.05, 3.63) is 23.8 Å². The molecule has 0 aliphatic heterocycles. The Morgan fingerprint density at radius 3 is 2.89 bits per heavy atom. The van der Waals surface area contributed by atoms with Gasteiger partial charge in [-0.3, -0.25) is 4.79 Å². The minimum atomic E-state index is -0.754. The molecule has 0 aromatic heterocycles. The van der Waals surface area contributed by atoms with E-state index in [9.17, 15) is 4.79 Å². The molecule has 0 spiro atoms. The van der Waals surface area contributed by atoms with Crippen molar-refractivity contribution in [1.82, 2.24) is 0 Å². The largest absolute Gasteiger partial charge is 0.445 e. The van der Waals surface area contributed by atoms with Gasteiger partial charge in [-0.1, -0.05) is 30.2 Å². The second-order valence-corrected chi connectivity index (χ2v) is 8.74. The lowest BCUT2D eigenvalue weighted by Gasteiger charge is -2.54. The zero-order valence-corrected chi connectivity index (χ0v) is 16.3. The predicted molar refractivity (Wildman–Crippen MR) is 104 cm³/mol. The van der Waals surface area contributed by atoms with Crippen LogP contribution < -0.4 is 0 Å². The molecule has 6 atom stereocenters. The number of oxime groups is 1. The number of rotatable bonds is 2. The first-order chi connectivity index (χ1) is 13.0. The van der Waals surface area contributed by atoms with Crippen molar-refractivity contribution in [1.29, 1.82) is 0 Å². The number of carbonyl (C=O) groups is 1. The Hall–Kier alpha value is -2.02. The molecule has 2 saturated carbocycles. The molecule has 0 heterocycles. The molecule has 0 aromatic carbocycles. The lowest BCUT2D eigenvalue weighted by atomic mass is 9.51. The van der Waals surface area contributed by atoms with E-state index >= 15 is 0 Å². The molecular formula is C23H29NO3. The molecule has 0 bridgehead atoms. The molecule has 4 rings (SSSR count). The van der Waals surface area contributed by atoms with Crippen LogP contribution in [0.15, 0.2) is 29.0 Å². The van der Waals surface area contributed by atoms with Gasteiger partial charge < -0.3 is 9.94 Å². The number of allylic oxidation sites excluding steroid dienone is 4. The molecule has 2 fully saturated rings. The fraction of sp³-hybridized carbons (Fsp3) is 0.652. The van der Waals surface area contributed by atoms with Gasteiger partial charge in [-0.05, 0) is 80.3 Å². The van der Waals surface area contributed by atoms with Crippen LogP contribution in [-0.4, -0.2) is 22.5 Å². The van der Waals surface area contributed by atoms with Gasteiger partial charge in [0, 0.05) is 12.3 Å². The maximum atomic E-state index is 11.9. The maximum Gasteiger partial charge on any atom is 0.304 e. The van der Waals surface area contributed by atoms with Crippen LogP contribution in [0.3, 0.4) is 0 Å². The fourth-order valence-electron chi connectivity index (χ4n) is 6.94. The quantitative estimate of drug-likeness (QED) is 0.339. The van der Waals surface area contributed by atoms with Crippen LogP contribution in [0.1, 0.15) is 58.8 Å². The molecule has 1 N–H and O–H groups in total. The third kappa shape index (κ3) is 2.51. The minimum absolute atomic E-state index is 0.119. The fourth-order valence-corrected chi connectivity index (χ4v) is 6.94. The summed E-state index contributed by atoms with van der Waals surface area (Å²) in [6, 6.07) is 0. The molecular weight excluding hydrogens is 338 g/mol. The summed E-state index contributed by atoms with van der Waals surface area (Å²) in [5, 5.41) is 12.5. The second-order valence-electron chi connectivity index (χ2n) is 8.74. The van der Waals surface area contributed by atoms with E-state index in [1.165, 1.54) is 12.5 Å². The zero-order chi connectivity index (χ0) is 19.2. The van der Waals surface area contributed by atoms with Crippen molar-refractivity contribution in [3.8, 4) is 12.3 Å². The number of fused-ring (bicyclic) bond motifs is 5. The number of ether oxygens (including phenoxy) is 1. The SMILES string of the molecule is C#C[C@]1(OC(C)=O)CC[C@H]2[C@@H]3C=CC4=C/C(=N\O)CC[C@@H]4[C@H]3CC[C@@]21CC. The summed E-state index contributed by atoms with van der Waals surface area (Å²) in [7, 11) is 0. The topological polar surface area (TPSA) is 58.9 Å². The van der Waals surface area contributed by atoms with E-state index in [0.29, 0.717) is 23.7 Å². The van der Waals surface area contributed by atoms with Crippen molar-refractivity contribution in [2.24, 2.45) is 34.2 Å². The highest BCUT2D eigenvalue weighted by molar-refractivity contribution is 5.96. The van der Waals surface area contributed by atoms with E-state index in [4.69, 9.17) is 16.4 Å². The molecule has 0 aromatic rings. The summed E-state index contributed by atoms with van der Waals surface area (Å²) in [5.41, 5.74) is 1.22. The highest BCUT2D eigenvalue weighted by Crippen LogP contribution is 2.66. The van der Waals surface area contributed by atoms with Crippen molar-refractivity contribution in [2.45, 2.75) is 64.4 Å². The molecule has 0 unspecified atom stereocenters. The maximum absolute atomic E-state index is 11.9. The minimum Gasteiger partial charge on any atom is -0.445 e. The first kappa shape index (κ1) is 18.3. The van der Waals surface area contributed by atoms with Crippen LogP contribution in [0.2, 0.25) is 0 Å². The van der Waals surface area contributed by atoms with Gasteiger partial charge in [0.2, 0.25) is 0 Å². The van der Waals surface area contributed by atoms with Gasteiger partial charge in [-0.15, -0.1) is 6.42 Å². The van der Waals surface area contributed by atoms with Crippen molar-refractivity contribution in [2.75, 3.05) is 0 Å². The first-order valence-electron chi connectivity index (χ1n) is 10.3. The molecule has 4 heteroatoms. The van der Waals surface area contributed by atoms with Gasteiger partial charge in [0.05, 0.1) is 5.71 Å². The Morgan fingerprint density at radius 2 is 2.22 bits per heavy atom. The smallest absolute Gasteiger partial charge is 0.304 e. The molecule has 27 heavy (non-hydrogen) atoms. The first-order valence-corrected chi connectivity index (χ1v) is 10.3. The zero-order valence-electron chi connectivity index (χ0n) is 16.3. The standard InChI is InChI=1S/C23H29NO3/c1-4-22-12-10-19-18-9-7-17(24-26)14-16(18)6-8-20(19)21(22)11-13-23(22,5-2)27-15(3)25/h2,6,8,14,18-21,26H,4,7,9-13H2,1,3H3/b24-17-/t18-,19+,20+,21-,22-,23-/m0/s1. The Labute approximate surface area is 161 Å². The number of esters is 1. The van der Waals surface area contributed by atoms with E-state index in [-0.39, 0.29) is 11.4 Å². The van der Waals surface area contributed by atoms with Gasteiger partial charge >= 0.3 is 5.97 Å². The molecule has 144 valence electrons. The second kappa shape index (κ2) is 6.55. The van der Waals surface area contributed by atoms with Crippen molar-refractivity contribution in [3.63, 3.8) is 0 Å². The van der Waals surface area contributed by atoms with Gasteiger partial charge in [-0.2, -0.15) is 0 Å². The summed E-state index contributed by atoms with van der Waals surface area (Å²) in [4.78, 5) is 11.9. The Balaban J connectivity index is 1.71. The van der Waals surface area contributed by atoms with Crippen LogP contribution in [0.5, 0.6) is 0 Å². The molecule has 4 aliphatic rings. The Morgan fingerprint density at radius 1 is 1.41 bits per heavy atom. The van der Waals surface area contributed by atoms with E-state index in [2.05, 4.69) is 36.2 Å². The summed E-state index contributed by atoms with van der Waals surface area (Å²) in [6.07, 6.45) is 19.4. The Kier molecular flexibility index (Phi) is 4.45. The number of hydrogen-bond donors (Lipinski definition) is 1. The normalized spacial score (nSPS) is 43.9. The van der Waals surface area contributed by atoms with Crippen LogP contribution in [-0.2, 0) is 9.53 Å². The monoisotopic (exact) mass is 367 g/mol. The highest BCUT2D eigenvalue weighted by atomic mass is 16.6. The van der Waals surface area contributed by atoms with Gasteiger partial charge in [0.15, 0.2) is 5.60 Å². The lowest BCUT2D eigenvalue weighted by Crippen LogP contribution is -2.54. The van der Waals surface area contributed by atoms with Crippen LogP contribution in [0, 0.1) is 41.4 Å². The highest BCUT2D eigenvalue weighted by Gasteiger charge is 2.65. The van der Waals surface area contributed by atoms with Gasteiger partial charge in [-0.25, -0.2) is 0 Å². The van der Waals surface area contributed by atoms with Crippen LogP contribution in [0.4, 0.5) is 0 Å². The number of terminal acetylenes is 1. The van der Waals surface area contributed by atoms with E-state index in [1.807, 2.05) is 0 Å². The summed E-state index contributed by atoms with van der Waals surface area (Å²) < 4.78 is 5.87. The third-order valence-corrected chi connectivity index (χ3v) is 8.02. The van der Waals surface area contributed by atoms with Crippen molar-refractivity contribution >= 4 is 11.7 Å². The lowest BCUT2D eigenvalue weighted by molar-refractivity contribution is -0.168. The van der Waals surface area contributed by atoms with E-state index in [0.717, 1.165) is 50.7 Å². The molecule has 0 amide bonds. The van der Waals surface area contributed by atoms with E-state index in [1.54, 1.807) is 0 Å². The Bertz CT molecular complexity index is 773. The molecule has 0 radical (unpaired) electrons. The number of nitrogens with zero attached hydrogens (tertiary/aromatic N) is 1. The van der Waals surface area contributed by atoms with Gasteiger partial charge in [0.1, 0.15) is 0 Å². The molecule has 4 aliphatic carbocycles. The van der Waals surface area contributed by atoms with Crippen LogP contribution >= 0.6 is 0 Å². The predicted octanol–water partition coefficient (Wildman–Crippen LogP) is 4.49. The molecule has 0 saturated heterocycles. The number of hydrogen-bond acceptors (Lipinski definition) is 4. The summed E-state index contributed by atoms with van der Waals surface area (Å²) >= 11 is 0. The van der Waals surface area contributed by atoms with Gasteiger partial charge in [0.25, 0.3) is 0 Å². The van der Waals surface area contributed by atoms with Crippen LogP contribution in [0.25, 0.3) is 0 Å².